The molecule has 0 radical (unpaired) electrons. The summed E-state index contributed by atoms with van der Waals surface area (Å²) in [6.45, 7) is 1.14. The monoisotopic (exact) mass is 299 g/mol. The van der Waals surface area contributed by atoms with Crippen LogP contribution in [0.25, 0.3) is 0 Å². The van der Waals surface area contributed by atoms with E-state index in [1.54, 1.807) is 7.11 Å². The fourth-order valence-electron chi connectivity index (χ4n) is 2.68. The summed E-state index contributed by atoms with van der Waals surface area (Å²) >= 11 is 0. The van der Waals surface area contributed by atoms with Gasteiger partial charge in [0.1, 0.15) is 0 Å². The highest BCUT2D eigenvalue weighted by molar-refractivity contribution is 7.85. The molecule has 2 atom stereocenters. The van der Waals surface area contributed by atoms with Crippen LogP contribution in [0.2, 0.25) is 0 Å². The van der Waals surface area contributed by atoms with Crippen LogP contribution in [0.4, 0.5) is 0 Å². The van der Waals surface area contributed by atoms with Crippen molar-refractivity contribution >= 4 is 10.1 Å². The quantitative estimate of drug-likeness (QED) is 0.561. The molecule has 1 fully saturated rings. The molecular formula is C14H21NO4S. The second-order valence-electron chi connectivity index (χ2n) is 5.32. The molecule has 0 heterocycles. The molecule has 20 heavy (non-hydrogen) atoms. The minimum Gasteiger partial charge on any atom is -0.383 e. The third-order valence-electron chi connectivity index (χ3n) is 3.74. The molecule has 0 saturated heterocycles. The number of ether oxygens (including phenoxy) is 1. The molecule has 0 aliphatic heterocycles. The number of methoxy groups -OCH3 is 1. The van der Waals surface area contributed by atoms with E-state index < -0.39 is 10.1 Å². The molecule has 0 bridgehead atoms. The summed E-state index contributed by atoms with van der Waals surface area (Å²) in [5, 5.41) is 3.39. The van der Waals surface area contributed by atoms with Gasteiger partial charge in [0.05, 0.1) is 12.4 Å². The molecule has 1 saturated carbocycles. The molecular weight excluding hydrogens is 278 g/mol. The van der Waals surface area contributed by atoms with Crippen LogP contribution >= 0.6 is 0 Å². The molecule has 0 spiro atoms. The maximum atomic E-state index is 10.7. The predicted molar refractivity (Wildman–Crippen MR) is 77.4 cm³/mol. The average Bonchev–Trinajstić information content (AvgIpc) is 3.10. The van der Waals surface area contributed by atoms with Crippen molar-refractivity contribution in [2.75, 3.05) is 26.0 Å². The molecule has 1 unspecified atom stereocenters. The highest BCUT2D eigenvalue weighted by Crippen LogP contribution is 2.51. The lowest BCUT2D eigenvalue weighted by Gasteiger charge is -2.18. The van der Waals surface area contributed by atoms with E-state index >= 15 is 0 Å². The standard InChI is InChI=1S/C14H21NO4S/c1-19-11-14(15-8-5-9-20(16,17)18)10-13(14)12-6-3-2-4-7-12/h2-4,6-7,13,15H,5,8-11H2,1H3,(H,16,17,18)/t13-,14?/m0/s1. The number of rotatable bonds is 8. The number of nitrogens with one attached hydrogen (secondary N) is 1. The van der Waals surface area contributed by atoms with Gasteiger partial charge in [-0.15, -0.1) is 0 Å². The Morgan fingerprint density at radius 2 is 2.10 bits per heavy atom. The highest BCUT2D eigenvalue weighted by atomic mass is 32.2. The maximum absolute atomic E-state index is 10.7. The van der Waals surface area contributed by atoms with Crippen molar-refractivity contribution in [3.63, 3.8) is 0 Å². The van der Waals surface area contributed by atoms with Crippen molar-refractivity contribution in [1.29, 1.82) is 0 Å². The summed E-state index contributed by atoms with van der Waals surface area (Å²) in [6.07, 6.45) is 1.38. The van der Waals surface area contributed by atoms with Gasteiger partial charge in [-0.2, -0.15) is 8.42 Å². The van der Waals surface area contributed by atoms with E-state index in [9.17, 15) is 8.42 Å². The fourth-order valence-corrected chi connectivity index (χ4v) is 3.19. The van der Waals surface area contributed by atoms with Crippen molar-refractivity contribution in [2.45, 2.75) is 24.3 Å². The Labute approximate surface area is 120 Å². The molecule has 1 aliphatic rings. The lowest BCUT2D eigenvalue weighted by molar-refractivity contribution is 0.155. The average molecular weight is 299 g/mol. The van der Waals surface area contributed by atoms with E-state index in [0.29, 0.717) is 25.5 Å². The van der Waals surface area contributed by atoms with Gasteiger partial charge >= 0.3 is 0 Å². The fraction of sp³-hybridized carbons (Fsp3) is 0.571. The Kier molecular flexibility index (Phi) is 4.80. The Morgan fingerprint density at radius 1 is 1.40 bits per heavy atom. The van der Waals surface area contributed by atoms with Gasteiger partial charge in [-0.05, 0) is 24.9 Å². The summed E-state index contributed by atoms with van der Waals surface area (Å²) in [5.41, 5.74) is 1.17. The summed E-state index contributed by atoms with van der Waals surface area (Å²) in [7, 11) is -2.20. The van der Waals surface area contributed by atoms with Gasteiger partial charge in [0.2, 0.25) is 0 Å². The van der Waals surface area contributed by atoms with Crippen LogP contribution in [-0.2, 0) is 14.9 Å². The topological polar surface area (TPSA) is 75.6 Å². The minimum atomic E-state index is -3.87. The Balaban J connectivity index is 1.89. The second-order valence-corrected chi connectivity index (χ2v) is 6.89. The zero-order valence-electron chi connectivity index (χ0n) is 11.6. The summed E-state index contributed by atoms with van der Waals surface area (Å²) in [6, 6.07) is 10.2. The lowest BCUT2D eigenvalue weighted by Crippen LogP contribution is -2.38. The van der Waals surface area contributed by atoms with Crippen molar-refractivity contribution in [2.24, 2.45) is 0 Å². The van der Waals surface area contributed by atoms with Gasteiger partial charge in [0, 0.05) is 18.6 Å². The van der Waals surface area contributed by atoms with Crippen LogP contribution in [-0.4, -0.2) is 44.5 Å². The molecule has 1 aliphatic carbocycles. The van der Waals surface area contributed by atoms with Crippen molar-refractivity contribution in [3.8, 4) is 0 Å². The molecule has 1 aromatic rings. The summed E-state index contributed by atoms with van der Waals surface area (Å²) in [5.74, 6) is 0.188. The van der Waals surface area contributed by atoms with E-state index in [0.717, 1.165) is 6.42 Å². The summed E-state index contributed by atoms with van der Waals surface area (Å²) < 4.78 is 35.4. The van der Waals surface area contributed by atoms with E-state index in [2.05, 4.69) is 17.4 Å². The van der Waals surface area contributed by atoms with Crippen LogP contribution in [0.3, 0.4) is 0 Å². The van der Waals surface area contributed by atoms with Crippen molar-refractivity contribution in [1.82, 2.24) is 5.32 Å². The highest BCUT2D eigenvalue weighted by Gasteiger charge is 2.54. The lowest BCUT2D eigenvalue weighted by atomic mass is 10.1. The molecule has 1 aromatic carbocycles. The molecule has 6 heteroatoms. The molecule has 0 amide bonds. The Morgan fingerprint density at radius 3 is 2.70 bits per heavy atom. The first-order valence-corrected chi connectivity index (χ1v) is 8.32. The third kappa shape index (κ3) is 4.02. The van der Waals surface area contributed by atoms with E-state index in [1.165, 1.54) is 5.56 Å². The Hall–Kier alpha value is -0.950. The van der Waals surface area contributed by atoms with E-state index in [4.69, 9.17) is 9.29 Å². The number of benzene rings is 1. The van der Waals surface area contributed by atoms with Gasteiger partial charge in [-0.3, -0.25) is 4.55 Å². The van der Waals surface area contributed by atoms with Crippen LogP contribution in [0.5, 0.6) is 0 Å². The van der Waals surface area contributed by atoms with Crippen molar-refractivity contribution in [3.05, 3.63) is 35.9 Å². The summed E-state index contributed by atoms with van der Waals surface area (Å²) in [4.78, 5) is 0. The van der Waals surface area contributed by atoms with Gasteiger partial charge in [-0.25, -0.2) is 0 Å². The molecule has 2 rings (SSSR count). The Bertz CT molecular complexity index is 531. The smallest absolute Gasteiger partial charge is 0.264 e. The van der Waals surface area contributed by atoms with Crippen LogP contribution < -0.4 is 5.32 Å². The molecule has 0 aromatic heterocycles. The normalized spacial score (nSPS) is 25.6. The predicted octanol–water partition coefficient (Wildman–Crippen LogP) is 1.43. The molecule has 112 valence electrons. The SMILES string of the molecule is COCC1(NCCCS(=O)(=O)O)C[C@H]1c1ccccc1. The maximum Gasteiger partial charge on any atom is 0.264 e. The van der Waals surface area contributed by atoms with Gasteiger partial charge in [-0.1, -0.05) is 30.3 Å². The molecule has 5 nitrogen and oxygen atoms in total. The minimum absolute atomic E-state index is 0.102. The number of hydrogen-bond donors (Lipinski definition) is 2. The molecule has 2 N–H and O–H groups in total. The van der Waals surface area contributed by atoms with Crippen LogP contribution in [0, 0.1) is 0 Å². The first-order chi connectivity index (χ1) is 9.47. The largest absolute Gasteiger partial charge is 0.383 e. The van der Waals surface area contributed by atoms with E-state index in [-0.39, 0.29) is 11.3 Å². The first kappa shape index (κ1) is 15.4. The third-order valence-corrected chi connectivity index (χ3v) is 4.54. The van der Waals surface area contributed by atoms with Crippen LogP contribution in [0.1, 0.15) is 24.3 Å². The van der Waals surface area contributed by atoms with Gasteiger partial charge in [0.15, 0.2) is 0 Å². The second kappa shape index (κ2) is 6.22. The first-order valence-electron chi connectivity index (χ1n) is 6.71. The van der Waals surface area contributed by atoms with Crippen LogP contribution in [0.15, 0.2) is 30.3 Å². The van der Waals surface area contributed by atoms with Gasteiger partial charge in [0.25, 0.3) is 10.1 Å². The van der Waals surface area contributed by atoms with E-state index in [1.807, 2.05) is 18.2 Å². The van der Waals surface area contributed by atoms with Gasteiger partial charge < -0.3 is 10.1 Å². The zero-order valence-corrected chi connectivity index (χ0v) is 12.4. The zero-order chi connectivity index (χ0) is 14.6. The van der Waals surface area contributed by atoms with Crippen molar-refractivity contribution < 1.29 is 17.7 Å². The number of hydrogen-bond acceptors (Lipinski definition) is 4.